The number of carbonyl (C=O) groups is 1. The topological polar surface area (TPSA) is 41.1 Å². The van der Waals surface area contributed by atoms with Gasteiger partial charge < -0.3 is 10.6 Å². The van der Waals surface area contributed by atoms with E-state index in [4.69, 9.17) is 0 Å². The second kappa shape index (κ2) is 8.51. The Kier molecular flexibility index (Phi) is 7.25. The van der Waals surface area contributed by atoms with Crippen LogP contribution < -0.4 is 10.6 Å². The summed E-state index contributed by atoms with van der Waals surface area (Å²) in [7, 11) is 0. The Labute approximate surface area is 107 Å². The van der Waals surface area contributed by atoms with Gasteiger partial charge in [0.15, 0.2) is 0 Å². The Balaban J connectivity index is 0.00000289. The van der Waals surface area contributed by atoms with Crippen LogP contribution in [0.1, 0.15) is 60.2 Å². The van der Waals surface area contributed by atoms with Gasteiger partial charge >= 0.3 is 0 Å². The standard InChI is InChI=1S/C14H28N2O.H2/c1-3-9-15-11-14(16-12(2)17)10-13-7-5-4-6-8-13;/h13-15H,3-11H2,1-2H3,(H,16,17);1H/t14-;/m0./s1. The molecule has 1 atom stereocenters. The first-order valence-electron chi connectivity index (χ1n) is 7.20. The van der Waals surface area contributed by atoms with E-state index in [1.165, 1.54) is 32.1 Å². The largest absolute Gasteiger partial charge is 0.352 e. The third-order valence-corrected chi connectivity index (χ3v) is 3.57. The zero-order chi connectivity index (χ0) is 12.5. The molecule has 0 unspecified atom stereocenters. The maximum atomic E-state index is 11.2. The molecule has 1 rings (SSSR count). The molecule has 102 valence electrons. The van der Waals surface area contributed by atoms with Crippen molar-refractivity contribution in [1.29, 1.82) is 0 Å². The molecule has 0 aromatic heterocycles. The lowest BCUT2D eigenvalue weighted by Gasteiger charge is -2.27. The summed E-state index contributed by atoms with van der Waals surface area (Å²) in [5, 5.41) is 6.50. The predicted molar refractivity (Wildman–Crippen MR) is 74.1 cm³/mol. The van der Waals surface area contributed by atoms with Crippen LogP contribution in [0.3, 0.4) is 0 Å². The molecular weight excluding hydrogens is 212 g/mol. The van der Waals surface area contributed by atoms with E-state index in [1.54, 1.807) is 6.92 Å². The summed E-state index contributed by atoms with van der Waals surface area (Å²) in [6.07, 6.45) is 9.15. The molecular formula is C14H30N2O. The molecule has 0 bridgehead atoms. The normalized spacial score (nSPS) is 18.9. The highest BCUT2D eigenvalue weighted by Crippen LogP contribution is 2.27. The molecule has 1 fully saturated rings. The SMILES string of the molecule is CCCNC[C@H](CC1CCCCC1)NC(C)=O.[HH]. The summed E-state index contributed by atoms with van der Waals surface area (Å²) in [4.78, 5) is 11.2. The summed E-state index contributed by atoms with van der Waals surface area (Å²) in [5.74, 6) is 0.924. The van der Waals surface area contributed by atoms with Crippen LogP contribution in [0.4, 0.5) is 0 Å². The number of hydrogen-bond acceptors (Lipinski definition) is 2. The van der Waals surface area contributed by atoms with Crippen molar-refractivity contribution >= 4 is 5.91 Å². The van der Waals surface area contributed by atoms with Crippen molar-refractivity contribution in [3.63, 3.8) is 0 Å². The molecule has 2 N–H and O–H groups in total. The van der Waals surface area contributed by atoms with Gasteiger partial charge in [0, 0.05) is 20.9 Å². The van der Waals surface area contributed by atoms with E-state index in [0.29, 0.717) is 6.04 Å². The van der Waals surface area contributed by atoms with Gasteiger partial charge in [0.2, 0.25) is 5.91 Å². The predicted octanol–water partition coefficient (Wildman–Crippen LogP) is 2.71. The van der Waals surface area contributed by atoms with Crippen molar-refractivity contribution < 1.29 is 6.22 Å². The van der Waals surface area contributed by atoms with Gasteiger partial charge in [-0.3, -0.25) is 4.79 Å². The van der Waals surface area contributed by atoms with E-state index in [9.17, 15) is 4.79 Å². The second-order valence-electron chi connectivity index (χ2n) is 5.34. The molecule has 1 aliphatic carbocycles. The molecule has 1 amide bonds. The van der Waals surface area contributed by atoms with E-state index in [2.05, 4.69) is 17.6 Å². The van der Waals surface area contributed by atoms with E-state index in [1.807, 2.05) is 0 Å². The zero-order valence-electron chi connectivity index (χ0n) is 11.4. The summed E-state index contributed by atoms with van der Waals surface area (Å²) >= 11 is 0. The fraction of sp³-hybridized carbons (Fsp3) is 0.929. The van der Waals surface area contributed by atoms with Crippen LogP contribution in [0.2, 0.25) is 0 Å². The molecule has 3 nitrogen and oxygen atoms in total. The number of amides is 1. The third-order valence-electron chi connectivity index (χ3n) is 3.57. The number of nitrogens with one attached hydrogen (secondary N) is 2. The van der Waals surface area contributed by atoms with Crippen LogP contribution in [0.25, 0.3) is 0 Å². The van der Waals surface area contributed by atoms with E-state index < -0.39 is 0 Å². The Hall–Kier alpha value is -0.570. The maximum Gasteiger partial charge on any atom is 0.217 e. The Morgan fingerprint density at radius 3 is 2.65 bits per heavy atom. The fourth-order valence-electron chi connectivity index (χ4n) is 2.76. The number of hydrogen-bond donors (Lipinski definition) is 2. The van der Waals surface area contributed by atoms with Gasteiger partial charge in [-0.05, 0) is 25.3 Å². The highest BCUT2D eigenvalue weighted by atomic mass is 16.1. The van der Waals surface area contributed by atoms with Crippen LogP contribution in [0, 0.1) is 5.92 Å². The van der Waals surface area contributed by atoms with Crippen LogP contribution in [-0.2, 0) is 4.79 Å². The second-order valence-corrected chi connectivity index (χ2v) is 5.34. The lowest BCUT2D eigenvalue weighted by Crippen LogP contribution is -2.42. The quantitative estimate of drug-likeness (QED) is 0.674. The van der Waals surface area contributed by atoms with Crippen LogP contribution in [0.15, 0.2) is 0 Å². The molecule has 0 aromatic carbocycles. The number of rotatable bonds is 7. The van der Waals surface area contributed by atoms with Crippen molar-refractivity contribution in [2.24, 2.45) is 5.92 Å². The van der Waals surface area contributed by atoms with Crippen LogP contribution >= 0.6 is 0 Å². The Morgan fingerprint density at radius 1 is 1.35 bits per heavy atom. The zero-order valence-corrected chi connectivity index (χ0v) is 11.4. The minimum absolute atomic E-state index is 0. The van der Waals surface area contributed by atoms with Crippen LogP contribution in [-0.4, -0.2) is 25.0 Å². The average Bonchev–Trinajstić information content (AvgIpc) is 2.30. The van der Waals surface area contributed by atoms with Gasteiger partial charge in [-0.2, -0.15) is 0 Å². The summed E-state index contributed by atoms with van der Waals surface area (Å²) in [6, 6.07) is 0.321. The minimum Gasteiger partial charge on any atom is -0.352 e. The average molecular weight is 242 g/mol. The lowest BCUT2D eigenvalue weighted by molar-refractivity contribution is -0.119. The molecule has 0 heterocycles. The van der Waals surface area contributed by atoms with Crippen molar-refractivity contribution in [3.05, 3.63) is 0 Å². The van der Waals surface area contributed by atoms with Gasteiger partial charge in [-0.1, -0.05) is 39.0 Å². The molecule has 1 saturated carbocycles. The molecule has 0 radical (unpaired) electrons. The van der Waals surface area contributed by atoms with E-state index in [0.717, 1.165) is 31.8 Å². The van der Waals surface area contributed by atoms with Gasteiger partial charge in [0.1, 0.15) is 0 Å². The molecule has 3 heteroatoms. The van der Waals surface area contributed by atoms with E-state index in [-0.39, 0.29) is 7.33 Å². The number of carbonyl (C=O) groups excluding carboxylic acids is 1. The minimum atomic E-state index is 0. The molecule has 0 saturated heterocycles. The highest BCUT2D eigenvalue weighted by molar-refractivity contribution is 5.73. The van der Waals surface area contributed by atoms with Crippen molar-refractivity contribution in [2.45, 2.75) is 64.8 Å². The van der Waals surface area contributed by atoms with Gasteiger partial charge in [0.05, 0.1) is 0 Å². The molecule has 0 aliphatic heterocycles. The first-order valence-corrected chi connectivity index (χ1v) is 7.20. The van der Waals surface area contributed by atoms with Gasteiger partial charge in [0.25, 0.3) is 0 Å². The molecule has 1 aliphatic rings. The summed E-state index contributed by atoms with van der Waals surface area (Å²) < 4.78 is 0. The lowest BCUT2D eigenvalue weighted by atomic mass is 9.85. The summed E-state index contributed by atoms with van der Waals surface area (Å²) in [5.41, 5.74) is 0. The van der Waals surface area contributed by atoms with Crippen LogP contribution in [0.5, 0.6) is 0 Å². The first kappa shape index (κ1) is 14.5. The smallest absolute Gasteiger partial charge is 0.217 e. The molecule has 0 aromatic rings. The van der Waals surface area contributed by atoms with Crippen molar-refractivity contribution in [2.75, 3.05) is 13.1 Å². The summed E-state index contributed by atoms with van der Waals surface area (Å²) in [6.45, 7) is 5.75. The van der Waals surface area contributed by atoms with Crippen molar-refractivity contribution in [1.82, 2.24) is 10.6 Å². The third kappa shape index (κ3) is 6.67. The van der Waals surface area contributed by atoms with Gasteiger partial charge in [-0.15, -0.1) is 0 Å². The highest BCUT2D eigenvalue weighted by Gasteiger charge is 2.19. The first-order chi connectivity index (χ1) is 8.22. The monoisotopic (exact) mass is 242 g/mol. The van der Waals surface area contributed by atoms with E-state index >= 15 is 0 Å². The molecule has 0 spiro atoms. The van der Waals surface area contributed by atoms with Gasteiger partial charge in [-0.25, -0.2) is 0 Å². The Bertz CT molecular complexity index is 218. The molecule has 17 heavy (non-hydrogen) atoms. The maximum absolute atomic E-state index is 11.2. The Morgan fingerprint density at radius 2 is 2.06 bits per heavy atom. The van der Waals surface area contributed by atoms with Crippen molar-refractivity contribution in [3.8, 4) is 0 Å². The fourth-order valence-corrected chi connectivity index (χ4v) is 2.76.